The van der Waals surface area contributed by atoms with Gasteiger partial charge >= 0.3 is 0 Å². The molecule has 0 aliphatic heterocycles. The normalized spacial score (nSPS) is 12.4. The summed E-state index contributed by atoms with van der Waals surface area (Å²) in [7, 11) is 0. The molecule has 0 spiro atoms. The molecular formula is C18H21N3OS. The van der Waals surface area contributed by atoms with E-state index in [1.165, 1.54) is 0 Å². The van der Waals surface area contributed by atoms with Gasteiger partial charge in [-0.15, -0.1) is 11.3 Å². The third-order valence-corrected chi connectivity index (χ3v) is 4.37. The summed E-state index contributed by atoms with van der Waals surface area (Å²) in [4.78, 5) is 5.67. The van der Waals surface area contributed by atoms with Crippen molar-refractivity contribution in [2.45, 2.75) is 26.4 Å². The highest BCUT2D eigenvalue weighted by atomic mass is 32.1. The van der Waals surface area contributed by atoms with E-state index in [0.717, 1.165) is 34.1 Å². The van der Waals surface area contributed by atoms with E-state index in [9.17, 15) is 0 Å². The Morgan fingerprint density at radius 3 is 3.04 bits per heavy atom. The number of thiazole rings is 1. The van der Waals surface area contributed by atoms with Crippen molar-refractivity contribution in [1.82, 2.24) is 14.7 Å². The molecule has 0 aliphatic rings. The van der Waals surface area contributed by atoms with Gasteiger partial charge in [0.05, 0.1) is 5.69 Å². The molecule has 1 aromatic carbocycles. The van der Waals surface area contributed by atoms with Crippen LogP contribution in [0.4, 0.5) is 0 Å². The van der Waals surface area contributed by atoms with Crippen LogP contribution in [0, 0.1) is 0 Å². The number of fused-ring (bicyclic) bond motifs is 1. The maximum atomic E-state index is 5.81. The smallest absolute Gasteiger partial charge is 0.193 e. The molecule has 0 aliphatic carbocycles. The van der Waals surface area contributed by atoms with Crippen molar-refractivity contribution in [1.29, 1.82) is 0 Å². The van der Waals surface area contributed by atoms with E-state index < -0.39 is 0 Å². The molecule has 0 saturated heterocycles. The Bertz CT molecular complexity index is 777. The van der Waals surface area contributed by atoms with Gasteiger partial charge in [-0.3, -0.25) is 4.40 Å². The Morgan fingerprint density at radius 1 is 1.43 bits per heavy atom. The molecule has 2 aromatic heterocycles. The maximum absolute atomic E-state index is 5.81. The molecule has 120 valence electrons. The third-order valence-electron chi connectivity index (χ3n) is 3.60. The van der Waals surface area contributed by atoms with Crippen LogP contribution >= 0.6 is 11.3 Å². The molecule has 3 aromatic rings. The van der Waals surface area contributed by atoms with Crippen molar-refractivity contribution in [3.8, 4) is 5.75 Å². The highest BCUT2D eigenvalue weighted by molar-refractivity contribution is 7.15. The fraction of sp³-hybridized carbons (Fsp3) is 0.278. The van der Waals surface area contributed by atoms with Gasteiger partial charge in [-0.05, 0) is 25.5 Å². The summed E-state index contributed by atoms with van der Waals surface area (Å²) in [5.74, 6) is 0.904. The first-order valence-corrected chi connectivity index (χ1v) is 8.52. The van der Waals surface area contributed by atoms with Gasteiger partial charge in [0.25, 0.3) is 0 Å². The molecule has 3 rings (SSSR count). The zero-order chi connectivity index (χ0) is 16.2. The molecule has 0 saturated carbocycles. The molecule has 0 bridgehead atoms. The van der Waals surface area contributed by atoms with E-state index >= 15 is 0 Å². The van der Waals surface area contributed by atoms with Crippen LogP contribution in [0.3, 0.4) is 0 Å². The van der Waals surface area contributed by atoms with E-state index in [0.29, 0.717) is 6.61 Å². The molecule has 0 unspecified atom stereocenters. The summed E-state index contributed by atoms with van der Waals surface area (Å²) in [5.41, 5.74) is 3.21. The second-order valence-corrected chi connectivity index (χ2v) is 6.59. The fourth-order valence-electron chi connectivity index (χ4n) is 2.31. The van der Waals surface area contributed by atoms with E-state index in [4.69, 9.17) is 4.74 Å². The molecule has 1 N–H and O–H groups in total. The van der Waals surface area contributed by atoms with Crippen LogP contribution in [0.2, 0.25) is 0 Å². The number of imidazole rings is 1. The predicted molar refractivity (Wildman–Crippen MR) is 95.1 cm³/mol. The van der Waals surface area contributed by atoms with Gasteiger partial charge in [-0.1, -0.05) is 24.8 Å². The van der Waals surface area contributed by atoms with Crippen LogP contribution in [0.1, 0.15) is 31.1 Å². The number of nitrogens with zero attached hydrogens (tertiary/aromatic N) is 2. The van der Waals surface area contributed by atoms with Gasteiger partial charge < -0.3 is 10.1 Å². The molecule has 0 fully saturated rings. The Morgan fingerprint density at radius 2 is 2.26 bits per heavy atom. The first-order valence-electron chi connectivity index (χ1n) is 7.64. The second kappa shape index (κ2) is 6.98. The summed E-state index contributed by atoms with van der Waals surface area (Å²) in [6.07, 6.45) is 4.11. The van der Waals surface area contributed by atoms with E-state index in [2.05, 4.69) is 40.5 Å². The second-order valence-electron chi connectivity index (χ2n) is 5.71. The van der Waals surface area contributed by atoms with Crippen LogP contribution in [0.25, 0.3) is 4.96 Å². The highest BCUT2D eigenvalue weighted by Gasteiger charge is 2.11. The summed E-state index contributed by atoms with van der Waals surface area (Å²) in [6, 6.07) is 8.28. The lowest BCUT2D eigenvalue weighted by molar-refractivity contribution is 0.347. The Kier molecular flexibility index (Phi) is 4.79. The van der Waals surface area contributed by atoms with Gasteiger partial charge in [-0.25, -0.2) is 4.98 Å². The number of rotatable bonds is 7. The molecule has 23 heavy (non-hydrogen) atoms. The van der Waals surface area contributed by atoms with Crippen LogP contribution in [-0.2, 0) is 6.54 Å². The largest absolute Gasteiger partial charge is 0.489 e. The molecule has 0 radical (unpaired) electrons. The number of para-hydroxylation sites is 1. The van der Waals surface area contributed by atoms with E-state index in [-0.39, 0.29) is 6.04 Å². The molecule has 5 heteroatoms. The van der Waals surface area contributed by atoms with Crippen molar-refractivity contribution in [3.63, 3.8) is 0 Å². The standard InChI is InChI=1S/C18H21N3OS/c1-13(2)12-22-17-7-5-4-6-15(17)10-19-14(3)16-11-21-8-9-23-18(21)20-16/h4-9,11,14,19H,1,10,12H2,2-3H3/t14-/m1/s1. The Hall–Kier alpha value is -2.11. The number of nitrogens with one attached hydrogen (secondary N) is 1. The van der Waals surface area contributed by atoms with E-state index in [1.54, 1.807) is 11.3 Å². The van der Waals surface area contributed by atoms with Gasteiger partial charge in [-0.2, -0.15) is 0 Å². The topological polar surface area (TPSA) is 38.6 Å². The minimum Gasteiger partial charge on any atom is -0.489 e. The van der Waals surface area contributed by atoms with Gasteiger partial charge in [0.1, 0.15) is 12.4 Å². The molecule has 4 nitrogen and oxygen atoms in total. The summed E-state index contributed by atoms with van der Waals surface area (Å²) in [6.45, 7) is 9.25. The van der Waals surface area contributed by atoms with Gasteiger partial charge in [0.2, 0.25) is 0 Å². The van der Waals surface area contributed by atoms with Crippen LogP contribution in [-0.4, -0.2) is 16.0 Å². The van der Waals surface area contributed by atoms with Gasteiger partial charge in [0.15, 0.2) is 4.96 Å². The zero-order valence-corrected chi connectivity index (χ0v) is 14.3. The molecular weight excluding hydrogens is 306 g/mol. The van der Waals surface area contributed by atoms with Crippen molar-refractivity contribution < 1.29 is 4.74 Å². The third kappa shape index (κ3) is 3.81. The number of hydrogen-bond donors (Lipinski definition) is 1. The summed E-state index contributed by atoms with van der Waals surface area (Å²) < 4.78 is 7.87. The first kappa shape index (κ1) is 15.8. The monoisotopic (exact) mass is 327 g/mol. The summed E-state index contributed by atoms with van der Waals surface area (Å²) >= 11 is 1.65. The summed E-state index contributed by atoms with van der Waals surface area (Å²) in [5, 5.41) is 5.56. The molecule has 0 amide bonds. The van der Waals surface area contributed by atoms with Crippen LogP contribution in [0.15, 0.2) is 54.2 Å². The highest BCUT2D eigenvalue weighted by Crippen LogP contribution is 2.21. The van der Waals surface area contributed by atoms with E-state index in [1.807, 2.05) is 36.7 Å². The lowest BCUT2D eigenvalue weighted by Gasteiger charge is -2.15. The Labute approximate surface area is 140 Å². The average Bonchev–Trinajstić information content (AvgIpc) is 3.12. The van der Waals surface area contributed by atoms with Crippen LogP contribution in [0.5, 0.6) is 5.75 Å². The SMILES string of the molecule is C=C(C)COc1ccccc1CN[C@H](C)c1cn2ccsc2n1. The predicted octanol–water partition coefficient (Wildman–Crippen LogP) is 4.20. The van der Waals surface area contributed by atoms with Crippen LogP contribution < -0.4 is 10.1 Å². The fourth-order valence-corrected chi connectivity index (χ4v) is 3.02. The molecule has 1 atom stereocenters. The zero-order valence-electron chi connectivity index (χ0n) is 13.5. The minimum absolute atomic E-state index is 0.177. The number of aromatic nitrogens is 2. The molecule has 2 heterocycles. The van der Waals surface area contributed by atoms with Gasteiger partial charge in [0, 0.05) is 35.9 Å². The lowest BCUT2D eigenvalue weighted by Crippen LogP contribution is -2.19. The van der Waals surface area contributed by atoms with Crippen molar-refractivity contribution in [2.24, 2.45) is 0 Å². The number of hydrogen-bond acceptors (Lipinski definition) is 4. The first-order chi connectivity index (χ1) is 11.1. The lowest BCUT2D eigenvalue weighted by atomic mass is 10.1. The Balaban J connectivity index is 1.65. The van der Waals surface area contributed by atoms with Crippen molar-refractivity contribution in [2.75, 3.05) is 6.61 Å². The number of benzene rings is 1. The van der Waals surface area contributed by atoms with Crippen molar-refractivity contribution in [3.05, 3.63) is 65.4 Å². The quantitative estimate of drug-likeness (QED) is 0.661. The maximum Gasteiger partial charge on any atom is 0.193 e. The van der Waals surface area contributed by atoms with Crippen molar-refractivity contribution >= 4 is 16.3 Å². The minimum atomic E-state index is 0.177. The average molecular weight is 327 g/mol. The number of ether oxygens (including phenoxy) is 1.